The number of aliphatic hydroxyl groups excluding tert-OH is 1. The number of piperidine rings is 2. The van der Waals surface area contributed by atoms with E-state index in [1.165, 1.54) is 0 Å². The van der Waals surface area contributed by atoms with Gasteiger partial charge in [0.05, 0.1) is 11.9 Å². The molecule has 0 saturated carbocycles. The van der Waals surface area contributed by atoms with Crippen LogP contribution in [-0.2, 0) is 4.79 Å². The van der Waals surface area contributed by atoms with Crippen molar-refractivity contribution >= 4 is 29.4 Å². The molecule has 2 atom stereocenters. The molecule has 1 amide bonds. The fourth-order valence-corrected chi connectivity index (χ4v) is 4.70. The lowest BCUT2D eigenvalue weighted by molar-refractivity contribution is -0.135. The number of thioether (sulfide) groups is 1. The van der Waals surface area contributed by atoms with Crippen LogP contribution in [0.1, 0.15) is 31.9 Å². The van der Waals surface area contributed by atoms with Gasteiger partial charge in [0.1, 0.15) is 5.82 Å². The second-order valence-corrected chi connectivity index (χ2v) is 8.64. The Hall–Kier alpha value is -1.54. The van der Waals surface area contributed by atoms with Crippen molar-refractivity contribution in [2.45, 2.75) is 39.2 Å². The summed E-state index contributed by atoms with van der Waals surface area (Å²) >= 11 is 1.65. The van der Waals surface area contributed by atoms with Crippen molar-refractivity contribution in [3.8, 4) is 0 Å². The highest BCUT2D eigenvalue weighted by molar-refractivity contribution is 7.99. The minimum Gasteiger partial charge on any atom is -0.392 e. The first-order valence-corrected chi connectivity index (χ1v) is 10.5. The second-order valence-electron chi connectivity index (χ2n) is 7.37. The number of nitrogens with two attached hydrogens (primary N) is 1. The standard InChI is InChI=1S/C18H29N5O2S/c1-3-26-10-16(25)23-7-4-6-18(12-23)11-22(8-5-14(18)24)15-9-13(2)20-17(19)21-15/h9,14,24H,3-8,10-12H2,1-2H3,(H2,19,20,21)/t14-,18-/m1/s1. The summed E-state index contributed by atoms with van der Waals surface area (Å²) in [6.07, 6.45) is 2.13. The van der Waals surface area contributed by atoms with Crippen LogP contribution in [0, 0.1) is 12.3 Å². The molecule has 26 heavy (non-hydrogen) atoms. The van der Waals surface area contributed by atoms with E-state index in [0.29, 0.717) is 25.3 Å². The monoisotopic (exact) mass is 379 g/mol. The molecule has 0 bridgehead atoms. The summed E-state index contributed by atoms with van der Waals surface area (Å²) in [4.78, 5) is 25.2. The Morgan fingerprint density at radius 2 is 2.23 bits per heavy atom. The van der Waals surface area contributed by atoms with E-state index in [1.807, 2.05) is 17.9 Å². The number of nitrogen functional groups attached to an aromatic ring is 1. The van der Waals surface area contributed by atoms with Gasteiger partial charge in [-0.05, 0) is 31.9 Å². The first-order valence-electron chi connectivity index (χ1n) is 9.33. The minimum absolute atomic E-state index is 0.183. The minimum atomic E-state index is -0.395. The fourth-order valence-electron chi connectivity index (χ4n) is 4.14. The molecule has 3 heterocycles. The van der Waals surface area contributed by atoms with Crippen LogP contribution in [0.5, 0.6) is 0 Å². The molecule has 3 rings (SSSR count). The number of aryl methyl sites for hydroxylation is 1. The maximum Gasteiger partial charge on any atom is 0.232 e. The van der Waals surface area contributed by atoms with Crippen LogP contribution in [0.2, 0.25) is 0 Å². The van der Waals surface area contributed by atoms with Gasteiger partial charge in [-0.25, -0.2) is 4.98 Å². The highest BCUT2D eigenvalue weighted by Crippen LogP contribution is 2.40. The summed E-state index contributed by atoms with van der Waals surface area (Å²) in [5.74, 6) is 2.73. The Balaban J connectivity index is 1.77. The van der Waals surface area contributed by atoms with Gasteiger partial charge in [0.2, 0.25) is 11.9 Å². The Morgan fingerprint density at radius 1 is 1.42 bits per heavy atom. The lowest BCUT2D eigenvalue weighted by atomic mass is 9.71. The first kappa shape index (κ1) is 19.2. The number of aromatic nitrogens is 2. The average Bonchev–Trinajstić information content (AvgIpc) is 2.61. The number of nitrogens with zero attached hydrogens (tertiary/aromatic N) is 4. The van der Waals surface area contributed by atoms with Gasteiger partial charge in [0, 0.05) is 43.4 Å². The van der Waals surface area contributed by atoms with Crippen molar-refractivity contribution in [2.75, 3.05) is 48.3 Å². The summed E-state index contributed by atoms with van der Waals surface area (Å²) in [5.41, 5.74) is 6.36. The lowest BCUT2D eigenvalue weighted by Crippen LogP contribution is -2.60. The largest absolute Gasteiger partial charge is 0.392 e. The van der Waals surface area contributed by atoms with Crippen molar-refractivity contribution in [1.82, 2.24) is 14.9 Å². The summed E-state index contributed by atoms with van der Waals surface area (Å²) < 4.78 is 0. The molecular formula is C18H29N5O2S. The summed E-state index contributed by atoms with van der Waals surface area (Å²) in [6.45, 7) is 6.80. The number of anilines is 2. The van der Waals surface area contributed by atoms with E-state index in [2.05, 4.69) is 21.8 Å². The number of hydrogen-bond donors (Lipinski definition) is 2. The highest BCUT2D eigenvalue weighted by Gasteiger charge is 2.46. The molecule has 7 nitrogen and oxygen atoms in total. The molecule has 1 spiro atoms. The maximum atomic E-state index is 12.5. The molecule has 2 fully saturated rings. The van der Waals surface area contributed by atoms with Gasteiger partial charge >= 0.3 is 0 Å². The van der Waals surface area contributed by atoms with E-state index in [4.69, 9.17) is 5.73 Å². The second kappa shape index (κ2) is 8.00. The van der Waals surface area contributed by atoms with Crippen molar-refractivity contribution in [3.05, 3.63) is 11.8 Å². The van der Waals surface area contributed by atoms with Crippen molar-refractivity contribution in [1.29, 1.82) is 0 Å². The number of likely N-dealkylation sites (tertiary alicyclic amines) is 1. The third kappa shape index (κ3) is 4.06. The van der Waals surface area contributed by atoms with E-state index in [0.717, 1.165) is 43.2 Å². The van der Waals surface area contributed by atoms with Crippen LogP contribution in [0.25, 0.3) is 0 Å². The van der Waals surface area contributed by atoms with Crippen LogP contribution < -0.4 is 10.6 Å². The third-order valence-electron chi connectivity index (χ3n) is 5.46. The van der Waals surface area contributed by atoms with E-state index < -0.39 is 6.10 Å². The molecular weight excluding hydrogens is 350 g/mol. The van der Waals surface area contributed by atoms with Gasteiger partial charge in [-0.2, -0.15) is 16.7 Å². The van der Waals surface area contributed by atoms with Gasteiger partial charge in [0.15, 0.2) is 0 Å². The summed E-state index contributed by atoms with van der Waals surface area (Å²) in [5, 5.41) is 10.8. The maximum absolute atomic E-state index is 12.5. The van der Waals surface area contributed by atoms with E-state index >= 15 is 0 Å². The van der Waals surface area contributed by atoms with Gasteiger partial charge in [-0.1, -0.05) is 6.92 Å². The number of rotatable bonds is 4. The van der Waals surface area contributed by atoms with Crippen LogP contribution >= 0.6 is 11.8 Å². The number of hydrogen-bond acceptors (Lipinski definition) is 7. The molecule has 1 aromatic rings. The van der Waals surface area contributed by atoms with Crippen molar-refractivity contribution < 1.29 is 9.90 Å². The predicted octanol–water partition coefficient (Wildman–Crippen LogP) is 1.30. The molecule has 0 aliphatic carbocycles. The molecule has 0 unspecified atom stereocenters. The topological polar surface area (TPSA) is 95.6 Å². The summed E-state index contributed by atoms with van der Waals surface area (Å²) in [6, 6.07) is 1.94. The lowest BCUT2D eigenvalue weighted by Gasteiger charge is -2.51. The smallest absolute Gasteiger partial charge is 0.232 e. The Bertz CT molecular complexity index is 638. The Labute approximate surface area is 159 Å². The first-order chi connectivity index (χ1) is 12.4. The Kier molecular flexibility index (Phi) is 5.92. The number of carbonyl (C=O) groups is 1. The van der Waals surface area contributed by atoms with Gasteiger partial charge in [-0.3, -0.25) is 4.79 Å². The van der Waals surface area contributed by atoms with Gasteiger partial charge in [0.25, 0.3) is 0 Å². The fraction of sp³-hybridized carbons (Fsp3) is 0.722. The third-order valence-corrected chi connectivity index (χ3v) is 6.32. The van der Waals surface area contributed by atoms with Gasteiger partial charge < -0.3 is 20.6 Å². The average molecular weight is 380 g/mol. The quantitative estimate of drug-likeness (QED) is 0.814. The van der Waals surface area contributed by atoms with Crippen LogP contribution in [-0.4, -0.2) is 69.7 Å². The van der Waals surface area contributed by atoms with Crippen LogP contribution in [0.4, 0.5) is 11.8 Å². The molecule has 2 saturated heterocycles. The number of amides is 1. The molecule has 1 aromatic heterocycles. The summed E-state index contributed by atoms with van der Waals surface area (Å²) in [7, 11) is 0. The zero-order valence-electron chi connectivity index (χ0n) is 15.6. The van der Waals surface area contributed by atoms with E-state index in [9.17, 15) is 9.90 Å². The van der Waals surface area contributed by atoms with E-state index in [-0.39, 0.29) is 17.3 Å². The number of aliphatic hydroxyl groups is 1. The molecule has 2 aliphatic heterocycles. The zero-order valence-corrected chi connectivity index (χ0v) is 16.5. The van der Waals surface area contributed by atoms with Crippen LogP contribution in [0.3, 0.4) is 0 Å². The zero-order chi connectivity index (χ0) is 18.7. The van der Waals surface area contributed by atoms with Crippen molar-refractivity contribution in [3.63, 3.8) is 0 Å². The van der Waals surface area contributed by atoms with Gasteiger partial charge in [-0.15, -0.1) is 0 Å². The molecule has 2 aliphatic rings. The SMILES string of the molecule is CCSCC(=O)N1CCC[C@]2(C1)CN(c1cc(C)nc(N)n1)CC[C@H]2O. The molecule has 144 valence electrons. The molecule has 3 N–H and O–H groups in total. The highest BCUT2D eigenvalue weighted by atomic mass is 32.2. The van der Waals surface area contributed by atoms with Crippen molar-refractivity contribution in [2.24, 2.45) is 5.41 Å². The predicted molar refractivity (Wildman–Crippen MR) is 105 cm³/mol. The Morgan fingerprint density at radius 3 is 2.96 bits per heavy atom. The number of carbonyl (C=O) groups excluding carboxylic acids is 1. The van der Waals surface area contributed by atoms with Crippen LogP contribution in [0.15, 0.2) is 6.07 Å². The molecule has 0 radical (unpaired) electrons. The van der Waals surface area contributed by atoms with E-state index in [1.54, 1.807) is 11.8 Å². The normalized spacial score (nSPS) is 26.3. The molecule has 8 heteroatoms. The molecule has 0 aromatic carbocycles.